The summed E-state index contributed by atoms with van der Waals surface area (Å²) in [5, 5.41) is 17.4. The van der Waals surface area contributed by atoms with Crippen LogP contribution in [0.3, 0.4) is 0 Å². The topological polar surface area (TPSA) is 99.2 Å². The zero-order valence-electron chi connectivity index (χ0n) is 20.8. The lowest BCUT2D eigenvalue weighted by Crippen LogP contribution is -2.21. The van der Waals surface area contributed by atoms with Crippen LogP contribution < -0.4 is 16.3 Å². The average Bonchev–Trinajstić information content (AvgIpc) is 3.44. The van der Waals surface area contributed by atoms with Gasteiger partial charge in [0.1, 0.15) is 5.37 Å². The molecule has 9 heteroatoms. The predicted molar refractivity (Wildman–Crippen MR) is 154 cm³/mol. The predicted octanol–water partition coefficient (Wildman–Crippen LogP) is 5.54. The number of H-pyrrole nitrogens is 1. The highest BCUT2D eigenvalue weighted by atomic mass is 35.5. The Bertz CT molecular complexity index is 1730. The highest BCUT2D eigenvalue weighted by Crippen LogP contribution is 2.50. The summed E-state index contributed by atoms with van der Waals surface area (Å²) < 4.78 is 1.60. The number of aliphatic carboxylic acids is 1. The van der Waals surface area contributed by atoms with E-state index in [0.717, 1.165) is 60.7 Å². The van der Waals surface area contributed by atoms with E-state index in [4.69, 9.17) is 11.6 Å². The standard InChI is InChI=1S/C29H25ClN4O3S/c1-15-11-23-27(26(20(15)14-25(35)36)16-3-6-19(30)7-4-16)38-28(32-23)18-9-10-31-21(13-18)17-5-8-24-22(12-17)33-29(37)34(24)2/h3-9,11-13,28,31-32H,10,14H2,1-2H3,(H,33,37)(H,35,36). The zero-order valence-corrected chi connectivity index (χ0v) is 22.3. The molecule has 7 nitrogen and oxygen atoms in total. The van der Waals surface area contributed by atoms with Crippen molar-refractivity contribution in [3.05, 3.63) is 98.5 Å². The van der Waals surface area contributed by atoms with Crippen molar-refractivity contribution >= 4 is 51.7 Å². The van der Waals surface area contributed by atoms with E-state index in [-0.39, 0.29) is 17.5 Å². The Labute approximate surface area is 228 Å². The third kappa shape index (κ3) is 4.29. The molecule has 0 amide bonds. The van der Waals surface area contributed by atoms with Crippen LogP contribution in [0.15, 0.2) is 75.9 Å². The van der Waals surface area contributed by atoms with Gasteiger partial charge in [-0.2, -0.15) is 0 Å². The number of imidazole rings is 1. The summed E-state index contributed by atoms with van der Waals surface area (Å²) in [7, 11) is 1.75. The number of aryl methyl sites for hydroxylation is 2. The van der Waals surface area contributed by atoms with Gasteiger partial charge in [-0.05, 0) is 71.2 Å². The first-order valence-electron chi connectivity index (χ1n) is 12.2. The number of nitrogens with one attached hydrogen (secondary N) is 3. The van der Waals surface area contributed by atoms with Crippen LogP contribution in [-0.2, 0) is 18.3 Å². The molecule has 0 spiro atoms. The van der Waals surface area contributed by atoms with Crippen LogP contribution in [0.25, 0.3) is 27.9 Å². The van der Waals surface area contributed by atoms with Crippen molar-refractivity contribution in [3.63, 3.8) is 0 Å². The summed E-state index contributed by atoms with van der Waals surface area (Å²) in [4.78, 5) is 27.7. The molecule has 3 heterocycles. The number of carboxylic acids is 1. The summed E-state index contributed by atoms with van der Waals surface area (Å²) >= 11 is 7.85. The molecule has 2 aliphatic heterocycles. The second-order valence-corrected chi connectivity index (χ2v) is 11.1. The molecule has 1 aromatic heterocycles. The molecule has 3 aromatic carbocycles. The number of nitrogens with zero attached hydrogens (tertiary/aromatic N) is 1. The molecule has 2 aliphatic rings. The number of aromatic nitrogens is 2. The van der Waals surface area contributed by atoms with E-state index in [9.17, 15) is 14.7 Å². The van der Waals surface area contributed by atoms with Crippen molar-refractivity contribution in [2.24, 2.45) is 7.05 Å². The molecule has 1 atom stereocenters. The first-order valence-corrected chi connectivity index (χ1v) is 13.5. The maximum Gasteiger partial charge on any atom is 0.326 e. The van der Waals surface area contributed by atoms with Crippen LogP contribution in [0.4, 0.5) is 5.69 Å². The van der Waals surface area contributed by atoms with Gasteiger partial charge in [-0.3, -0.25) is 9.36 Å². The van der Waals surface area contributed by atoms with E-state index in [1.807, 2.05) is 55.5 Å². The SMILES string of the molecule is Cc1cc2c(c(-c3ccc(Cl)cc3)c1CC(=O)O)SC(C1=CCNC(c3ccc4c(c3)[nH]c(=O)n4C)=C1)N2. The summed E-state index contributed by atoms with van der Waals surface area (Å²) in [5.74, 6) is -0.860. The number of hydrogen-bond acceptors (Lipinski definition) is 5. The Morgan fingerprint density at radius 3 is 2.68 bits per heavy atom. The van der Waals surface area contributed by atoms with Crippen LogP contribution >= 0.6 is 23.4 Å². The third-order valence-corrected chi connectivity index (χ3v) is 8.59. The van der Waals surface area contributed by atoms with Gasteiger partial charge in [0, 0.05) is 40.5 Å². The van der Waals surface area contributed by atoms with Crippen LogP contribution in [0.5, 0.6) is 0 Å². The Morgan fingerprint density at radius 1 is 1.16 bits per heavy atom. The Hall–Kier alpha value is -3.88. The van der Waals surface area contributed by atoms with E-state index in [1.165, 1.54) is 0 Å². The Balaban J connectivity index is 1.37. The van der Waals surface area contributed by atoms with Crippen molar-refractivity contribution in [2.75, 3.05) is 11.9 Å². The number of benzene rings is 3. The van der Waals surface area contributed by atoms with Gasteiger partial charge in [0.25, 0.3) is 0 Å². The number of aromatic amines is 1. The molecular formula is C29H25ClN4O3S. The molecule has 1 unspecified atom stereocenters. The van der Waals surface area contributed by atoms with E-state index in [2.05, 4.69) is 27.8 Å². The molecule has 192 valence electrons. The van der Waals surface area contributed by atoms with Crippen LogP contribution in [-0.4, -0.2) is 32.5 Å². The molecule has 0 saturated carbocycles. The first kappa shape index (κ1) is 24.5. The molecule has 0 radical (unpaired) electrons. The Kier molecular flexibility index (Phi) is 6.08. The minimum absolute atomic E-state index is 0.0344. The summed E-state index contributed by atoms with van der Waals surface area (Å²) in [6.45, 7) is 2.64. The quantitative estimate of drug-likeness (QED) is 0.263. The molecule has 4 N–H and O–H groups in total. The van der Waals surface area contributed by atoms with Gasteiger partial charge < -0.3 is 20.7 Å². The highest BCUT2D eigenvalue weighted by Gasteiger charge is 2.30. The maximum absolute atomic E-state index is 12.0. The minimum Gasteiger partial charge on any atom is -0.481 e. The van der Waals surface area contributed by atoms with Gasteiger partial charge in [0.15, 0.2) is 0 Å². The van der Waals surface area contributed by atoms with Gasteiger partial charge in [0.05, 0.1) is 17.5 Å². The van der Waals surface area contributed by atoms with Crippen molar-refractivity contribution in [3.8, 4) is 11.1 Å². The van der Waals surface area contributed by atoms with E-state index in [1.54, 1.807) is 23.4 Å². The van der Waals surface area contributed by atoms with Crippen LogP contribution in [0.1, 0.15) is 16.7 Å². The normalized spacial score (nSPS) is 16.4. The van der Waals surface area contributed by atoms with Crippen LogP contribution in [0, 0.1) is 6.92 Å². The number of halogens is 1. The number of rotatable bonds is 5. The number of hydrogen-bond donors (Lipinski definition) is 4. The minimum atomic E-state index is -0.860. The molecule has 0 aliphatic carbocycles. The van der Waals surface area contributed by atoms with Gasteiger partial charge >= 0.3 is 11.7 Å². The molecule has 0 fully saturated rings. The lowest BCUT2D eigenvalue weighted by molar-refractivity contribution is -0.136. The average molecular weight is 545 g/mol. The number of thioether (sulfide) groups is 1. The van der Waals surface area contributed by atoms with Crippen molar-refractivity contribution in [1.29, 1.82) is 0 Å². The van der Waals surface area contributed by atoms with Gasteiger partial charge in [-0.1, -0.05) is 47.6 Å². The second-order valence-electron chi connectivity index (χ2n) is 9.51. The fraction of sp³-hybridized carbons (Fsp3) is 0.172. The molecule has 0 bridgehead atoms. The maximum atomic E-state index is 12.0. The fourth-order valence-corrected chi connectivity index (χ4v) is 6.59. The van der Waals surface area contributed by atoms with E-state index < -0.39 is 5.97 Å². The Morgan fingerprint density at radius 2 is 1.92 bits per heavy atom. The molecule has 0 saturated heterocycles. The smallest absolute Gasteiger partial charge is 0.326 e. The molecule has 38 heavy (non-hydrogen) atoms. The molecule has 4 aromatic rings. The number of fused-ring (bicyclic) bond motifs is 2. The monoisotopic (exact) mass is 544 g/mol. The van der Waals surface area contributed by atoms with Gasteiger partial charge in [-0.15, -0.1) is 0 Å². The lowest BCUT2D eigenvalue weighted by Gasteiger charge is -2.20. The summed E-state index contributed by atoms with van der Waals surface area (Å²) in [6.07, 6.45) is 4.24. The van der Waals surface area contributed by atoms with Crippen molar-refractivity contribution in [1.82, 2.24) is 14.9 Å². The van der Waals surface area contributed by atoms with Crippen LogP contribution in [0.2, 0.25) is 5.02 Å². The van der Waals surface area contributed by atoms with Gasteiger partial charge in [0.2, 0.25) is 0 Å². The van der Waals surface area contributed by atoms with E-state index in [0.29, 0.717) is 11.6 Å². The van der Waals surface area contributed by atoms with Crippen molar-refractivity contribution < 1.29 is 9.90 Å². The highest BCUT2D eigenvalue weighted by molar-refractivity contribution is 8.00. The second kappa shape index (κ2) is 9.45. The summed E-state index contributed by atoms with van der Waals surface area (Å²) in [5.41, 5.74) is 9.24. The number of carbonyl (C=O) groups is 1. The number of dihydropyridines is 1. The van der Waals surface area contributed by atoms with Crippen molar-refractivity contribution in [2.45, 2.75) is 23.6 Å². The summed E-state index contributed by atoms with van der Waals surface area (Å²) in [6, 6.07) is 15.6. The lowest BCUT2D eigenvalue weighted by atomic mass is 9.93. The zero-order chi connectivity index (χ0) is 26.6. The molecule has 6 rings (SSSR count). The number of carboxylic acid groups (broad SMARTS) is 1. The van der Waals surface area contributed by atoms with E-state index >= 15 is 0 Å². The number of anilines is 1. The molecular weight excluding hydrogens is 520 g/mol. The first-order chi connectivity index (χ1) is 18.3. The fourth-order valence-electron chi connectivity index (χ4n) is 5.14. The third-order valence-electron chi connectivity index (χ3n) is 7.05. The largest absolute Gasteiger partial charge is 0.481 e. The van der Waals surface area contributed by atoms with Gasteiger partial charge in [-0.25, -0.2) is 4.79 Å².